The first-order chi connectivity index (χ1) is 31.9. The molecule has 0 saturated carbocycles. The van der Waals surface area contributed by atoms with Gasteiger partial charge in [-0.25, -0.2) is 24.6 Å². The summed E-state index contributed by atoms with van der Waals surface area (Å²) in [5.74, 6) is -4.02. The van der Waals surface area contributed by atoms with Gasteiger partial charge in [0.15, 0.2) is 0 Å². The number of hydrogen-bond donors (Lipinski definition) is 3. The van der Waals surface area contributed by atoms with E-state index in [9.17, 15) is 24.6 Å². The van der Waals surface area contributed by atoms with Crippen molar-refractivity contribution in [1.29, 1.82) is 0 Å². The highest BCUT2D eigenvalue weighted by Gasteiger charge is 2.58. The van der Waals surface area contributed by atoms with Crippen LogP contribution in [0.15, 0.2) is 131 Å². The number of nitrogens with zero attached hydrogens (tertiary/aromatic N) is 3. The Bertz CT molecular complexity index is 2430. The zero-order chi connectivity index (χ0) is 48.7. The van der Waals surface area contributed by atoms with Crippen molar-refractivity contribution in [2.45, 2.75) is 145 Å². The summed E-state index contributed by atoms with van der Waals surface area (Å²) >= 11 is 0. The smallest absolute Gasteiger partial charge is 0.384 e. The fourth-order valence-electron chi connectivity index (χ4n) is 10.0. The molecule has 0 unspecified atom stereocenters. The van der Waals surface area contributed by atoms with Crippen LogP contribution in [0.1, 0.15) is 139 Å². The number of carbonyl (C=O) groups excluding carboxylic acids is 3. The van der Waals surface area contributed by atoms with E-state index in [0.29, 0.717) is 63.4 Å². The van der Waals surface area contributed by atoms with Gasteiger partial charge in [-0.15, -0.1) is 0 Å². The lowest BCUT2D eigenvalue weighted by Crippen LogP contribution is -2.53. The number of cyclic esters (lactones) is 1. The second kappa shape index (κ2) is 22.0. The maximum absolute atomic E-state index is 13.8. The van der Waals surface area contributed by atoms with Gasteiger partial charge in [0, 0.05) is 40.8 Å². The van der Waals surface area contributed by atoms with Gasteiger partial charge in [-0.05, 0) is 105 Å². The quantitative estimate of drug-likeness (QED) is 0.0466. The Balaban J connectivity index is 1.25. The van der Waals surface area contributed by atoms with E-state index in [1.807, 2.05) is 39.0 Å². The summed E-state index contributed by atoms with van der Waals surface area (Å²) < 4.78 is 16.5. The largest absolute Gasteiger partial charge is 0.515 e. The van der Waals surface area contributed by atoms with Gasteiger partial charge in [0.2, 0.25) is 0 Å². The number of hydrogen-bond acceptors (Lipinski definition) is 12. The molecule has 360 valence electrons. The molecule has 6 aliphatic rings. The Hall–Kier alpha value is -5.62. The van der Waals surface area contributed by atoms with Gasteiger partial charge in [0.1, 0.15) is 6.61 Å². The molecule has 5 atom stereocenters. The Morgan fingerprint density at radius 1 is 0.940 bits per heavy atom. The van der Waals surface area contributed by atoms with Crippen LogP contribution in [0, 0.1) is 29.6 Å². The fraction of sp³-hybridized carbons (Fsp3) is 0.527. The first-order valence-electron chi connectivity index (χ1n) is 24.4. The summed E-state index contributed by atoms with van der Waals surface area (Å²) in [6, 6.07) is 0. The first kappa shape index (κ1) is 50.8. The van der Waals surface area contributed by atoms with Gasteiger partial charge in [-0.2, -0.15) is 0 Å². The maximum Gasteiger partial charge on any atom is 0.384 e. The van der Waals surface area contributed by atoms with Crippen LogP contribution in [-0.4, -0.2) is 64.8 Å². The van der Waals surface area contributed by atoms with Gasteiger partial charge in [0.25, 0.3) is 0 Å². The number of aliphatic hydroxyl groups excluding tert-OH is 1. The van der Waals surface area contributed by atoms with Crippen LogP contribution >= 0.6 is 0 Å². The summed E-state index contributed by atoms with van der Waals surface area (Å²) in [5, 5.41) is 26.2. The average Bonchev–Trinajstić information content (AvgIpc) is 3.98. The normalized spacial score (nSPS) is 24.0. The van der Waals surface area contributed by atoms with E-state index in [0.717, 1.165) is 54.8 Å². The number of allylic oxidation sites excluding steroid dienone is 11. The molecule has 0 aromatic carbocycles. The second-order valence-electron chi connectivity index (χ2n) is 19.6. The molecule has 2 fully saturated rings. The topological polar surface area (TPSA) is 168 Å². The zero-order valence-electron chi connectivity index (χ0n) is 41.4. The van der Waals surface area contributed by atoms with Gasteiger partial charge >= 0.3 is 23.7 Å². The number of fused-ring (bicyclic) bond motifs is 5. The van der Waals surface area contributed by atoms with Crippen LogP contribution < -0.4 is 5.32 Å². The minimum Gasteiger partial charge on any atom is -0.515 e. The van der Waals surface area contributed by atoms with E-state index in [1.165, 1.54) is 50.5 Å². The SMILES string of the molecule is C=CC1=C(C)C2=NC1=CC1=NC(=C(CC)/C1=C/O)C=C1N=C3C(=C1C)C(=O)O[C@](O)(C(=O)OC)C3=C1NC(=C2)[C@H](C)[C@H]1CCC(=O)OC/C=C(\C)CCC[C@H](C)CCC[C@H](C)CCCC(C)C. The summed E-state index contributed by atoms with van der Waals surface area (Å²) in [5.41, 5.74) is 8.20. The molecule has 0 aliphatic carbocycles. The summed E-state index contributed by atoms with van der Waals surface area (Å²) in [6.45, 7) is 23.2. The van der Waals surface area contributed by atoms with Crippen molar-refractivity contribution < 1.29 is 38.8 Å². The van der Waals surface area contributed by atoms with Gasteiger partial charge < -0.3 is 29.7 Å². The second-order valence-corrected chi connectivity index (χ2v) is 19.6. The molecule has 12 heteroatoms. The molecule has 2 saturated heterocycles. The molecule has 67 heavy (non-hydrogen) atoms. The molecule has 6 aliphatic heterocycles. The third-order valence-electron chi connectivity index (χ3n) is 14.2. The zero-order valence-corrected chi connectivity index (χ0v) is 41.4. The monoisotopic (exact) mass is 917 g/mol. The van der Waals surface area contributed by atoms with E-state index < -0.39 is 29.6 Å². The van der Waals surface area contributed by atoms with Crippen molar-refractivity contribution in [2.24, 2.45) is 44.6 Å². The Labute approximate surface area is 397 Å². The predicted octanol–water partition coefficient (Wildman–Crippen LogP) is 11.2. The number of ether oxygens (including phenoxy) is 3. The van der Waals surface area contributed by atoms with E-state index in [1.54, 1.807) is 19.1 Å². The van der Waals surface area contributed by atoms with Crippen molar-refractivity contribution in [3.63, 3.8) is 0 Å². The lowest BCUT2D eigenvalue weighted by Gasteiger charge is -2.34. The van der Waals surface area contributed by atoms with E-state index in [-0.39, 0.29) is 42.2 Å². The molecule has 8 bridgehead atoms. The van der Waals surface area contributed by atoms with Crippen LogP contribution in [0.4, 0.5) is 0 Å². The number of esters is 3. The predicted molar refractivity (Wildman–Crippen MR) is 265 cm³/mol. The number of carbonyl (C=O) groups is 3. The lowest BCUT2D eigenvalue weighted by molar-refractivity contribution is -0.211. The highest BCUT2D eigenvalue weighted by molar-refractivity contribution is 6.33. The molecule has 0 aromatic heterocycles. The molecule has 0 amide bonds. The lowest BCUT2D eigenvalue weighted by atomic mass is 9.82. The molecule has 0 spiro atoms. The Morgan fingerprint density at radius 2 is 1.63 bits per heavy atom. The molecule has 0 aromatic rings. The van der Waals surface area contributed by atoms with E-state index in [4.69, 9.17) is 29.2 Å². The van der Waals surface area contributed by atoms with Crippen LogP contribution in [0.3, 0.4) is 0 Å². The van der Waals surface area contributed by atoms with Gasteiger partial charge in [-0.3, -0.25) is 4.79 Å². The first-order valence-corrected chi connectivity index (χ1v) is 24.4. The van der Waals surface area contributed by atoms with Crippen molar-refractivity contribution >= 4 is 35.0 Å². The summed E-state index contributed by atoms with van der Waals surface area (Å²) in [6.07, 6.45) is 22.0. The fourth-order valence-corrected chi connectivity index (χ4v) is 10.0. The van der Waals surface area contributed by atoms with E-state index >= 15 is 0 Å². The number of aliphatic hydroxyl groups is 2. The van der Waals surface area contributed by atoms with Crippen LogP contribution in [0.2, 0.25) is 0 Å². The van der Waals surface area contributed by atoms with Crippen molar-refractivity contribution in [2.75, 3.05) is 13.7 Å². The molecule has 12 nitrogen and oxygen atoms in total. The third kappa shape index (κ3) is 11.1. The standard InChI is InChI=1S/C55H72N4O8/c1-12-38-35(8)42-27-43-36(9)40(23-24-48(61)66-26-25-34(7)22-16-21-33(6)20-15-19-32(5)18-14-17-31(3)4)51(58-43)50-52-49(53(62)67-55(50,64)54(63)65-11)37(10)44(59-52)28-46-39(13-2)41(30-60)47(57-46)29-45(38)56-42/h12,25,27-33,36,40,58,60,64H,1,13-24,26H2,2-11H3/b34-25+,41-30-,43-27?,44-28?,45-29?,51-50?/t32-,33-,36-,40-,55+/m1/s1. The van der Waals surface area contributed by atoms with Gasteiger partial charge in [-0.1, -0.05) is 105 Å². The van der Waals surface area contributed by atoms with E-state index in [2.05, 4.69) is 46.5 Å². The molecule has 6 heterocycles. The van der Waals surface area contributed by atoms with Crippen molar-refractivity contribution in [3.8, 4) is 0 Å². The summed E-state index contributed by atoms with van der Waals surface area (Å²) in [7, 11) is 1.10. The number of rotatable bonds is 20. The average molecular weight is 917 g/mol. The van der Waals surface area contributed by atoms with Crippen LogP contribution in [0.25, 0.3) is 0 Å². The Morgan fingerprint density at radius 3 is 2.27 bits per heavy atom. The van der Waals surface area contributed by atoms with Crippen LogP contribution in [-0.2, 0) is 28.6 Å². The maximum atomic E-state index is 13.8. The Kier molecular flexibility index (Phi) is 16.7. The third-order valence-corrected chi connectivity index (χ3v) is 14.2. The number of nitrogens with one attached hydrogen (secondary N) is 1. The minimum absolute atomic E-state index is 0.0272. The van der Waals surface area contributed by atoms with Crippen LogP contribution in [0.5, 0.6) is 0 Å². The molecule has 0 radical (unpaired) electrons. The minimum atomic E-state index is -2.89. The molecule has 6 rings (SSSR count). The molecule has 3 N–H and O–H groups in total. The highest BCUT2D eigenvalue weighted by Crippen LogP contribution is 2.47. The molecular weight excluding hydrogens is 845 g/mol. The van der Waals surface area contributed by atoms with Gasteiger partial charge in [0.05, 0.1) is 58.7 Å². The molecular formula is C55H72N4O8. The highest BCUT2D eigenvalue weighted by atomic mass is 16.7. The van der Waals surface area contributed by atoms with Crippen molar-refractivity contribution in [3.05, 3.63) is 116 Å². The number of aliphatic imine (C=N–C) groups is 3. The summed E-state index contributed by atoms with van der Waals surface area (Å²) in [4.78, 5) is 55.8. The van der Waals surface area contributed by atoms with Crippen molar-refractivity contribution in [1.82, 2.24) is 5.32 Å². The number of methoxy groups -OCH3 is 1.